The lowest BCUT2D eigenvalue weighted by atomic mass is 9.93. The Labute approximate surface area is 124 Å². The first-order chi connectivity index (χ1) is 10.1. The predicted octanol–water partition coefficient (Wildman–Crippen LogP) is 1.58. The van der Waals surface area contributed by atoms with E-state index in [0.29, 0.717) is 19.6 Å². The zero-order chi connectivity index (χ0) is 14.7. The predicted molar refractivity (Wildman–Crippen MR) is 79.6 cm³/mol. The fourth-order valence-corrected chi connectivity index (χ4v) is 2.56. The van der Waals surface area contributed by atoms with Crippen molar-refractivity contribution in [2.75, 3.05) is 20.3 Å². The van der Waals surface area contributed by atoms with Crippen LogP contribution in [0.5, 0.6) is 0 Å². The minimum absolute atomic E-state index is 0.260. The van der Waals surface area contributed by atoms with Gasteiger partial charge >= 0.3 is 0 Å². The summed E-state index contributed by atoms with van der Waals surface area (Å²) in [6.45, 7) is 2.81. The summed E-state index contributed by atoms with van der Waals surface area (Å²) in [5, 5.41) is 4.11. The highest BCUT2D eigenvalue weighted by Gasteiger charge is 2.35. The van der Waals surface area contributed by atoms with Crippen LogP contribution in [-0.4, -0.2) is 35.9 Å². The van der Waals surface area contributed by atoms with E-state index in [1.54, 1.807) is 0 Å². The molecule has 2 aromatic rings. The van der Waals surface area contributed by atoms with Crippen molar-refractivity contribution in [2.24, 2.45) is 5.73 Å². The molecule has 3 rings (SSSR count). The molecular formula is C16H21N3O2. The van der Waals surface area contributed by atoms with E-state index in [1.165, 1.54) is 5.56 Å². The van der Waals surface area contributed by atoms with Gasteiger partial charge in [0.1, 0.15) is 0 Å². The molecule has 0 saturated carbocycles. The van der Waals surface area contributed by atoms with E-state index in [9.17, 15) is 0 Å². The zero-order valence-corrected chi connectivity index (χ0v) is 12.3. The van der Waals surface area contributed by atoms with E-state index in [0.717, 1.165) is 24.5 Å². The van der Waals surface area contributed by atoms with Crippen molar-refractivity contribution in [1.29, 1.82) is 0 Å². The molecule has 1 aromatic heterocycles. The van der Waals surface area contributed by atoms with E-state index in [1.807, 2.05) is 12.1 Å². The molecule has 0 bridgehead atoms. The molecular weight excluding hydrogens is 266 g/mol. The fraction of sp³-hybridized carbons (Fsp3) is 0.438. The molecule has 112 valence electrons. The Bertz CT molecular complexity index is 578. The van der Waals surface area contributed by atoms with Crippen LogP contribution in [0.25, 0.3) is 0 Å². The third kappa shape index (κ3) is 3.69. The maximum Gasteiger partial charge on any atom is 0.150 e. The number of hydrogen-bond donors (Lipinski definition) is 1. The highest BCUT2D eigenvalue weighted by molar-refractivity contribution is 5.15. The lowest BCUT2D eigenvalue weighted by molar-refractivity contribution is -0.0535. The van der Waals surface area contributed by atoms with Crippen LogP contribution < -0.4 is 5.73 Å². The molecule has 0 amide bonds. The summed E-state index contributed by atoms with van der Waals surface area (Å²) >= 11 is 0. The average molecular weight is 287 g/mol. The van der Waals surface area contributed by atoms with E-state index in [-0.39, 0.29) is 5.54 Å². The van der Waals surface area contributed by atoms with Crippen LogP contribution >= 0.6 is 0 Å². The molecule has 0 radical (unpaired) electrons. The van der Waals surface area contributed by atoms with E-state index < -0.39 is 0 Å². The quantitative estimate of drug-likeness (QED) is 0.874. The van der Waals surface area contributed by atoms with Crippen molar-refractivity contribution >= 4 is 0 Å². The standard InChI is InChI=1S/C16H21N3O2/c1-19(9-13-5-3-2-4-6-13)10-15-7-14(18-21-15)8-16(17)11-20-12-16/h2-7H,8-12,17H2,1H3. The largest absolute Gasteiger partial charge is 0.377 e. The molecule has 1 fully saturated rings. The summed E-state index contributed by atoms with van der Waals surface area (Å²) in [5.74, 6) is 0.868. The van der Waals surface area contributed by atoms with Gasteiger partial charge in [0.2, 0.25) is 0 Å². The van der Waals surface area contributed by atoms with Crippen molar-refractivity contribution < 1.29 is 9.26 Å². The smallest absolute Gasteiger partial charge is 0.150 e. The summed E-state index contributed by atoms with van der Waals surface area (Å²) in [6.07, 6.45) is 0.707. The van der Waals surface area contributed by atoms with E-state index in [4.69, 9.17) is 15.0 Å². The van der Waals surface area contributed by atoms with Gasteiger partial charge in [-0.25, -0.2) is 0 Å². The summed E-state index contributed by atoms with van der Waals surface area (Å²) in [5.41, 5.74) is 8.06. The van der Waals surface area contributed by atoms with Gasteiger partial charge in [0.15, 0.2) is 5.76 Å². The molecule has 1 aliphatic heterocycles. The Kier molecular flexibility index (Phi) is 4.05. The lowest BCUT2D eigenvalue weighted by Gasteiger charge is -2.37. The first kappa shape index (κ1) is 14.3. The Morgan fingerprint density at radius 3 is 2.67 bits per heavy atom. The number of ether oxygens (including phenoxy) is 1. The molecule has 2 N–H and O–H groups in total. The van der Waals surface area contributed by atoms with Crippen LogP contribution in [0.4, 0.5) is 0 Å². The second-order valence-electron chi connectivity index (χ2n) is 5.97. The van der Waals surface area contributed by atoms with Crippen LogP contribution in [0, 0.1) is 0 Å². The molecule has 0 unspecified atom stereocenters. The van der Waals surface area contributed by atoms with Crippen LogP contribution in [-0.2, 0) is 24.2 Å². The molecule has 0 atom stereocenters. The van der Waals surface area contributed by atoms with Crippen molar-refractivity contribution in [3.8, 4) is 0 Å². The van der Waals surface area contributed by atoms with Crippen LogP contribution in [0.1, 0.15) is 17.0 Å². The molecule has 1 aliphatic rings. The van der Waals surface area contributed by atoms with Gasteiger partial charge in [-0.15, -0.1) is 0 Å². The number of nitrogens with zero attached hydrogens (tertiary/aromatic N) is 2. The molecule has 2 heterocycles. The molecule has 0 spiro atoms. The van der Waals surface area contributed by atoms with Gasteiger partial charge in [0.25, 0.3) is 0 Å². The molecule has 0 aliphatic carbocycles. The monoisotopic (exact) mass is 287 g/mol. The maximum absolute atomic E-state index is 6.13. The Morgan fingerprint density at radius 1 is 1.24 bits per heavy atom. The molecule has 5 nitrogen and oxygen atoms in total. The van der Waals surface area contributed by atoms with Gasteiger partial charge in [-0.1, -0.05) is 35.5 Å². The van der Waals surface area contributed by atoms with Crippen molar-refractivity contribution in [2.45, 2.75) is 25.0 Å². The second kappa shape index (κ2) is 5.97. The van der Waals surface area contributed by atoms with E-state index >= 15 is 0 Å². The Hall–Kier alpha value is -1.69. The number of rotatable bonds is 6. The van der Waals surface area contributed by atoms with Gasteiger partial charge < -0.3 is 15.0 Å². The van der Waals surface area contributed by atoms with Gasteiger partial charge in [-0.3, -0.25) is 4.90 Å². The maximum atomic E-state index is 6.13. The first-order valence-corrected chi connectivity index (χ1v) is 7.17. The van der Waals surface area contributed by atoms with Gasteiger partial charge in [0, 0.05) is 19.0 Å². The summed E-state index contributed by atoms with van der Waals surface area (Å²) in [4.78, 5) is 2.20. The Balaban J connectivity index is 1.54. The number of nitrogens with two attached hydrogens (primary N) is 1. The van der Waals surface area contributed by atoms with Crippen LogP contribution in [0.3, 0.4) is 0 Å². The third-order valence-corrected chi connectivity index (χ3v) is 3.64. The second-order valence-corrected chi connectivity index (χ2v) is 5.97. The molecule has 5 heteroatoms. The van der Waals surface area contributed by atoms with Gasteiger partial charge in [-0.05, 0) is 12.6 Å². The summed E-state index contributed by atoms with van der Waals surface area (Å²) in [6, 6.07) is 12.4. The highest BCUT2D eigenvalue weighted by atomic mass is 16.5. The fourth-order valence-electron chi connectivity index (χ4n) is 2.56. The highest BCUT2D eigenvalue weighted by Crippen LogP contribution is 2.20. The number of hydrogen-bond acceptors (Lipinski definition) is 5. The molecule has 21 heavy (non-hydrogen) atoms. The normalized spacial score (nSPS) is 16.9. The lowest BCUT2D eigenvalue weighted by Crippen LogP contribution is -2.58. The van der Waals surface area contributed by atoms with Crippen molar-refractivity contribution in [3.63, 3.8) is 0 Å². The molecule has 1 aromatic carbocycles. The van der Waals surface area contributed by atoms with Crippen LogP contribution in [0.2, 0.25) is 0 Å². The van der Waals surface area contributed by atoms with Gasteiger partial charge in [-0.2, -0.15) is 0 Å². The minimum atomic E-state index is -0.260. The Morgan fingerprint density at radius 2 is 2.00 bits per heavy atom. The summed E-state index contributed by atoms with van der Waals surface area (Å²) < 4.78 is 10.6. The van der Waals surface area contributed by atoms with Crippen molar-refractivity contribution in [1.82, 2.24) is 10.1 Å². The van der Waals surface area contributed by atoms with E-state index in [2.05, 4.69) is 41.4 Å². The number of benzene rings is 1. The van der Waals surface area contributed by atoms with Gasteiger partial charge in [0.05, 0.1) is 31.0 Å². The summed E-state index contributed by atoms with van der Waals surface area (Å²) in [7, 11) is 2.07. The SMILES string of the molecule is CN(Cc1ccccc1)Cc1cc(CC2(N)COC2)no1. The number of aromatic nitrogens is 1. The topological polar surface area (TPSA) is 64.5 Å². The molecule has 1 saturated heterocycles. The zero-order valence-electron chi connectivity index (χ0n) is 12.3. The average Bonchev–Trinajstić information content (AvgIpc) is 2.85. The van der Waals surface area contributed by atoms with Crippen molar-refractivity contribution in [3.05, 3.63) is 53.4 Å². The first-order valence-electron chi connectivity index (χ1n) is 7.17. The van der Waals surface area contributed by atoms with Crippen LogP contribution in [0.15, 0.2) is 40.9 Å². The minimum Gasteiger partial charge on any atom is -0.377 e. The third-order valence-electron chi connectivity index (χ3n) is 3.64.